The Kier molecular flexibility index (Phi) is 3.24. The summed E-state index contributed by atoms with van der Waals surface area (Å²) in [5.41, 5.74) is 0.557. The number of carbonyl (C=O) groups excluding carboxylic acids is 2. The molecule has 0 saturated carbocycles. The summed E-state index contributed by atoms with van der Waals surface area (Å²) >= 11 is 1.81. The van der Waals surface area contributed by atoms with Gasteiger partial charge in [0.1, 0.15) is 5.54 Å². The minimum Gasteiger partial charge on any atom is -0.341 e. The van der Waals surface area contributed by atoms with Crippen molar-refractivity contribution in [3.63, 3.8) is 0 Å². The summed E-state index contributed by atoms with van der Waals surface area (Å²) in [6.07, 6.45) is 0.965. The lowest BCUT2D eigenvalue weighted by molar-refractivity contribution is -0.148. The summed E-state index contributed by atoms with van der Waals surface area (Å²) in [7, 11) is 0. The number of hydrogen-bond donors (Lipinski definition) is 1. The third kappa shape index (κ3) is 2.42. The Morgan fingerprint density at radius 3 is 2.85 bits per heavy atom. The first kappa shape index (κ1) is 13.5. The monoisotopic (exact) mass is 290 g/mol. The second-order valence-electron chi connectivity index (χ2n) is 5.91. The Morgan fingerprint density at radius 1 is 1.35 bits per heavy atom. The van der Waals surface area contributed by atoms with Crippen LogP contribution in [0.15, 0.2) is 29.2 Å². The van der Waals surface area contributed by atoms with Gasteiger partial charge in [-0.15, -0.1) is 11.8 Å². The van der Waals surface area contributed by atoms with Gasteiger partial charge in [-0.1, -0.05) is 18.2 Å². The van der Waals surface area contributed by atoms with Crippen molar-refractivity contribution in [2.24, 2.45) is 0 Å². The van der Waals surface area contributed by atoms with E-state index in [4.69, 9.17) is 0 Å². The molecule has 1 aromatic carbocycles. The summed E-state index contributed by atoms with van der Waals surface area (Å²) in [6, 6.07) is 8.34. The number of fused-ring (bicyclic) bond motifs is 1. The highest BCUT2D eigenvalue weighted by molar-refractivity contribution is 8.00. The van der Waals surface area contributed by atoms with Crippen LogP contribution in [0, 0.1) is 0 Å². The van der Waals surface area contributed by atoms with Gasteiger partial charge in [0.25, 0.3) is 0 Å². The zero-order valence-corrected chi connectivity index (χ0v) is 12.5. The molecule has 1 unspecified atom stereocenters. The predicted molar refractivity (Wildman–Crippen MR) is 78.6 cm³/mol. The molecule has 1 fully saturated rings. The molecule has 0 aliphatic carbocycles. The normalized spacial score (nSPS) is 24.5. The molecule has 4 nitrogen and oxygen atoms in total. The Balaban J connectivity index is 1.70. The molecule has 0 spiro atoms. The van der Waals surface area contributed by atoms with Gasteiger partial charge in [0, 0.05) is 16.7 Å². The third-order valence-electron chi connectivity index (χ3n) is 3.75. The number of rotatable bonds is 2. The number of piperazine rings is 1. The molecule has 106 valence electrons. The van der Waals surface area contributed by atoms with Crippen molar-refractivity contribution in [3.8, 4) is 0 Å². The molecule has 0 aromatic heterocycles. The van der Waals surface area contributed by atoms with Gasteiger partial charge in [-0.25, -0.2) is 0 Å². The topological polar surface area (TPSA) is 49.4 Å². The number of carbonyl (C=O) groups is 2. The van der Waals surface area contributed by atoms with E-state index in [1.54, 1.807) is 18.7 Å². The lowest BCUT2D eigenvalue weighted by atomic mass is 10.00. The highest BCUT2D eigenvalue weighted by Gasteiger charge is 2.40. The van der Waals surface area contributed by atoms with E-state index in [0.717, 1.165) is 6.42 Å². The van der Waals surface area contributed by atoms with Crippen molar-refractivity contribution < 1.29 is 9.59 Å². The van der Waals surface area contributed by atoms with Crippen molar-refractivity contribution in [2.75, 3.05) is 13.1 Å². The van der Waals surface area contributed by atoms with Gasteiger partial charge in [0.2, 0.25) is 11.8 Å². The number of nitrogens with one attached hydrogen (secondary N) is 1. The average Bonchev–Trinajstić information content (AvgIpc) is 2.77. The van der Waals surface area contributed by atoms with Crippen LogP contribution in [0.1, 0.15) is 19.4 Å². The molecule has 0 bridgehead atoms. The van der Waals surface area contributed by atoms with E-state index in [-0.39, 0.29) is 18.4 Å². The molecule has 0 radical (unpaired) electrons. The van der Waals surface area contributed by atoms with Crippen LogP contribution in [-0.4, -0.2) is 40.6 Å². The predicted octanol–water partition coefficient (Wildman–Crippen LogP) is 1.44. The van der Waals surface area contributed by atoms with Gasteiger partial charge < -0.3 is 10.2 Å². The van der Waals surface area contributed by atoms with Gasteiger partial charge in [-0.05, 0) is 31.9 Å². The maximum absolute atomic E-state index is 12.4. The standard InChI is InChI=1S/C15H18N2O2S/c1-15(2)14(19)17(9-13(18)16-15)8-11-7-10-5-3-4-6-12(10)20-11/h3-6,11H,7-9H2,1-2H3,(H,16,18). The maximum atomic E-state index is 12.4. The first-order chi connectivity index (χ1) is 9.45. The summed E-state index contributed by atoms with van der Waals surface area (Å²) in [6.45, 7) is 4.33. The Bertz CT molecular complexity index is 546. The summed E-state index contributed by atoms with van der Waals surface area (Å²) < 4.78 is 0. The van der Waals surface area contributed by atoms with Gasteiger partial charge in [-0.2, -0.15) is 0 Å². The first-order valence-electron chi connectivity index (χ1n) is 6.81. The number of thioether (sulfide) groups is 1. The van der Waals surface area contributed by atoms with E-state index >= 15 is 0 Å². The molecule has 2 heterocycles. The van der Waals surface area contributed by atoms with E-state index < -0.39 is 5.54 Å². The number of hydrogen-bond acceptors (Lipinski definition) is 3. The van der Waals surface area contributed by atoms with E-state index in [9.17, 15) is 9.59 Å². The highest BCUT2D eigenvalue weighted by Crippen LogP contribution is 2.37. The van der Waals surface area contributed by atoms with E-state index in [1.807, 2.05) is 23.9 Å². The number of benzene rings is 1. The lowest BCUT2D eigenvalue weighted by Crippen LogP contribution is -2.64. The Morgan fingerprint density at radius 2 is 2.10 bits per heavy atom. The summed E-state index contributed by atoms with van der Waals surface area (Å²) in [4.78, 5) is 27.1. The van der Waals surface area contributed by atoms with Crippen LogP contribution in [-0.2, 0) is 16.0 Å². The average molecular weight is 290 g/mol. The lowest BCUT2D eigenvalue weighted by Gasteiger charge is -2.38. The van der Waals surface area contributed by atoms with Crippen molar-refractivity contribution in [3.05, 3.63) is 29.8 Å². The zero-order valence-electron chi connectivity index (χ0n) is 11.7. The van der Waals surface area contributed by atoms with Gasteiger partial charge in [-0.3, -0.25) is 9.59 Å². The third-order valence-corrected chi connectivity index (χ3v) is 5.05. The SMILES string of the molecule is CC1(C)NC(=O)CN(CC2Cc3ccccc3S2)C1=O. The summed E-state index contributed by atoms with van der Waals surface area (Å²) in [5.74, 6) is -0.0660. The van der Waals surface area contributed by atoms with E-state index in [1.165, 1.54) is 10.5 Å². The quantitative estimate of drug-likeness (QED) is 0.896. The van der Waals surface area contributed by atoms with Crippen LogP contribution in [0.5, 0.6) is 0 Å². The molecule has 1 aromatic rings. The molecular weight excluding hydrogens is 272 g/mol. The van der Waals surface area contributed by atoms with Crippen molar-refractivity contribution in [1.29, 1.82) is 0 Å². The van der Waals surface area contributed by atoms with Crippen LogP contribution in [0.25, 0.3) is 0 Å². The van der Waals surface area contributed by atoms with Gasteiger partial charge in [0.15, 0.2) is 0 Å². The molecule has 5 heteroatoms. The largest absolute Gasteiger partial charge is 0.341 e. The second kappa shape index (κ2) is 4.81. The fourth-order valence-electron chi connectivity index (χ4n) is 2.83. The molecular formula is C15H18N2O2S. The van der Waals surface area contributed by atoms with E-state index in [2.05, 4.69) is 17.4 Å². The molecule has 2 amide bonds. The maximum Gasteiger partial charge on any atom is 0.248 e. The Hall–Kier alpha value is -1.49. The van der Waals surface area contributed by atoms with Gasteiger partial charge >= 0.3 is 0 Å². The Labute approximate surface area is 122 Å². The molecule has 1 saturated heterocycles. The fourth-order valence-corrected chi connectivity index (χ4v) is 4.17. The zero-order chi connectivity index (χ0) is 14.3. The van der Waals surface area contributed by atoms with Crippen LogP contribution in [0.2, 0.25) is 0 Å². The van der Waals surface area contributed by atoms with Gasteiger partial charge in [0.05, 0.1) is 6.54 Å². The molecule has 20 heavy (non-hydrogen) atoms. The molecule has 2 aliphatic rings. The van der Waals surface area contributed by atoms with Crippen LogP contribution in [0.3, 0.4) is 0 Å². The van der Waals surface area contributed by atoms with Crippen LogP contribution in [0.4, 0.5) is 0 Å². The molecule has 3 rings (SSSR count). The second-order valence-corrected chi connectivity index (χ2v) is 7.25. The van der Waals surface area contributed by atoms with Crippen LogP contribution < -0.4 is 5.32 Å². The van der Waals surface area contributed by atoms with E-state index in [0.29, 0.717) is 11.8 Å². The highest BCUT2D eigenvalue weighted by atomic mass is 32.2. The first-order valence-corrected chi connectivity index (χ1v) is 7.68. The van der Waals surface area contributed by atoms with Crippen molar-refractivity contribution in [2.45, 2.75) is 36.0 Å². The molecule has 1 atom stereocenters. The smallest absolute Gasteiger partial charge is 0.248 e. The minimum atomic E-state index is -0.786. The summed E-state index contributed by atoms with van der Waals surface area (Å²) in [5, 5.41) is 3.09. The fraction of sp³-hybridized carbons (Fsp3) is 0.467. The minimum absolute atomic E-state index is 0.00801. The molecule has 1 N–H and O–H groups in total. The molecule has 2 aliphatic heterocycles. The van der Waals surface area contributed by atoms with Crippen LogP contribution >= 0.6 is 11.8 Å². The van der Waals surface area contributed by atoms with Crippen molar-refractivity contribution in [1.82, 2.24) is 10.2 Å². The number of amides is 2. The number of nitrogens with zero attached hydrogens (tertiary/aromatic N) is 1. The van der Waals surface area contributed by atoms with Crippen molar-refractivity contribution >= 4 is 23.6 Å².